The van der Waals surface area contributed by atoms with Gasteiger partial charge < -0.3 is 5.32 Å². The van der Waals surface area contributed by atoms with Crippen LogP contribution in [0.25, 0.3) is 5.69 Å². The third kappa shape index (κ3) is 2.21. The van der Waals surface area contributed by atoms with Crippen LogP contribution in [0.3, 0.4) is 0 Å². The molecule has 1 N–H and O–H groups in total. The highest BCUT2D eigenvalue weighted by Gasteiger charge is 2.20. The van der Waals surface area contributed by atoms with Crippen molar-refractivity contribution in [2.75, 3.05) is 18.1 Å². The molecule has 1 aromatic heterocycles. The van der Waals surface area contributed by atoms with Crippen molar-refractivity contribution in [1.82, 2.24) is 20.1 Å². The second kappa shape index (κ2) is 4.89. The summed E-state index contributed by atoms with van der Waals surface area (Å²) in [6.07, 6.45) is 1.78. The number of rotatable bonds is 2. The van der Waals surface area contributed by atoms with E-state index in [4.69, 9.17) is 0 Å². The van der Waals surface area contributed by atoms with Gasteiger partial charge in [-0.05, 0) is 12.1 Å². The molecule has 0 spiro atoms. The summed E-state index contributed by atoms with van der Waals surface area (Å²) in [7, 11) is 0. The number of thioether (sulfide) groups is 1. The Morgan fingerprint density at radius 3 is 2.94 bits per heavy atom. The van der Waals surface area contributed by atoms with Crippen molar-refractivity contribution in [3.63, 3.8) is 0 Å². The fourth-order valence-corrected chi connectivity index (χ4v) is 2.93. The number of hydrogen-bond acceptors (Lipinski definition) is 4. The largest absolute Gasteiger partial charge is 0.306 e. The van der Waals surface area contributed by atoms with Crippen molar-refractivity contribution in [3.8, 4) is 5.69 Å². The van der Waals surface area contributed by atoms with Crippen LogP contribution in [0.5, 0.6) is 0 Å². The van der Waals surface area contributed by atoms with Gasteiger partial charge in [0.2, 0.25) is 0 Å². The Labute approximate surface area is 104 Å². The van der Waals surface area contributed by atoms with Crippen molar-refractivity contribution in [2.45, 2.75) is 6.04 Å². The molecule has 1 aromatic carbocycles. The molecule has 1 saturated heterocycles. The molecule has 88 valence electrons. The first-order chi connectivity index (χ1) is 8.45. The lowest BCUT2D eigenvalue weighted by Crippen LogP contribution is -2.32. The lowest BCUT2D eigenvalue weighted by molar-refractivity contribution is 0.555. The van der Waals surface area contributed by atoms with Gasteiger partial charge in [0.15, 0.2) is 5.82 Å². The van der Waals surface area contributed by atoms with Gasteiger partial charge >= 0.3 is 0 Å². The monoisotopic (exact) mass is 246 g/mol. The molecule has 4 nitrogen and oxygen atoms in total. The fourth-order valence-electron chi connectivity index (χ4n) is 2.00. The zero-order valence-electron chi connectivity index (χ0n) is 9.41. The van der Waals surface area contributed by atoms with Gasteiger partial charge in [-0.2, -0.15) is 11.8 Å². The van der Waals surface area contributed by atoms with Crippen molar-refractivity contribution in [1.29, 1.82) is 0 Å². The summed E-state index contributed by atoms with van der Waals surface area (Å²) in [5, 5.41) is 11.8. The smallest absolute Gasteiger partial charge is 0.155 e. The summed E-state index contributed by atoms with van der Waals surface area (Å²) < 4.78 is 2.06. The Bertz CT molecular complexity index is 476. The number of para-hydroxylation sites is 1. The molecule has 1 aliphatic heterocycles. The zero-order chi connectivity index (χ0) is 11.5. The molecule has 0 saturated carbocycles. The van der Waals surface area contributed by atoms with Gasteiger partial charge in [-0.1, -0.05) is 18.2 Å². The Morgan fingerprint density at radius 1 is 1.29 bits per heavy atom. The van der Waals surface area contributed by atoms with Crippen LogP contribution < -0.4 is 5.32 Å². The molecule has 17 heavy (non-hydrogen) atoms. The van der Waals surface area contributed by atoms with E-state index in [2.05, 4.69) is 32.2 Å². The van der Waals surface area contributed by atoms with Gasteiger partial charge in [-0.25, -0.2) is 0 Å². The van der Waals surface area contributed by atoms with E-state index in [-0.39, 0.29) is 0 Å². The molecule has 1 unspecified atom stereocenters. The van der Waals surface area contributed by atoms with E-state index in [1.165, 1.54) is 5.75 Å². The van der Waals surface area contributed by atoms with Crippen LogP contribution in [0, 0.1) is 0 Å². The van der Waals surface area contributed by atoms with Gasteiger partial charge in [-0.15, -0.1) is 10.2 Å². The van der Waals surface area contributed by atoms with Crippen LogP contribution in [0.15, 0.2) is 36.7 Å². The van der Waals surface area contributed by atoms with Crippen molar-refractivity contribution < 1.29 is 0 Å². The first kappa shape index (κ1) is 10.8. The van der Waals surface area contributed by atoms with Gasteiger partial charge in [0.25, 0.3) is 0 Å². The minimum absolute atomic E-state index is 0.302. The standard InChI is InChI=1S/C12H14N4S/c1-2-4-10(5-3-1)16-9-14-15-12(16)11-8-17-7-6-13-11/h1-5,9,11,13H,6-8H2. The zero-order valence-corrected chi connectivity index (χ0v) is 10.2. The maximum Gasteiger partial charge on any atom is 0.155 e. The minimum atomic E-state index is 0.302. The molecule has 1 aliphatic rings. The highest BCUT2D eigenvalue weighted by molar-refractivity contribution is 7.99. The first-order valence-corrected chi connectivity index (χ1v) is 6.87. The molecular formula is C12H14N4S. The average molecular weight is 246 g/mol. The molecule has 5 heteroatoms. The van der Waals surface area contributed by atoms with Crippen LogP contribution in [0.1, 0.15) is 11.9 Å². The molecule has 0 bridgehead atoms. The second-order valence-corrected chi connectivity index (χ2v) is 5.13. The number of hydrogen-bond donors (Lipinski definition) is 1. The van der Waals surface area contributed by atoms with Crippen LogP contribution in [0.4, 0.5) is 0 Å². The van der Waals surface area contributed by atoms with Crippen LogP contribution in [-0.4, -0.2) is 32.8 Å². The summed E-state index contributed by atoms with van der Waals surface area (Å²) in [4.78, 5) is 0. The lowest BCUT2D eigenvalue weighted by atomic mass is 10.2. The van der Waals surface area contributed by atoms with E-state index in [1.807, 2.05) is 30.0 Å². The van der Waals surface area contributed by atoms with Crippen molar-refractivity contribution >= 4 is 11.8 Å². The summed E-state index contributed by atoms with van der Waals surface area (Å²) >= 11 is 1.96. The number of aromatic nitrogens is 3. The molecule has 0 aliphatic carbocycles. The predicted octanol–water partition coefficient (Wildman–Crippen LogP) is 1.64. The molecule has 2 aromatic rings. The summed E-state index contributed by atoms with van der Waals surface area (Å²) in [5.74, 6) is 3.24. The highest BCUT2D eigenvalue weighted by atomic mass is 32.2. The molecule has 0 radical (unpaired) electrons. The van der Waals surface area contributed by atoms with Gasteiger partial charge in [0.1, 0.15) is 6.33 Å². The fraction of sp³-hybridized carbons (Fsp3) is 0.333. The Kier molecular flexibility index (Phi) is 3.11. The third-order valence-electron chi connectivity index (χ3n) is 2.84. The second-order valence-electron chi connectivity index (χ2n) is 3.98. The topological polar surface area (TPSA) is 42.7 Å². The quantitative estimate of drug-likeness (QED) is 0.875. The van der Waals surface area contributed by atoms with Crippen LogP contribution in [-0.2, 0) is 0 Å². The van der Waals surface area contributed by atoms with Crippen molar-refractivity contribution in [3.05, 3.63) is 42.5 Å². The van der Waals surface area contributed by atoms with Gasteiger partial charge in [0.05, 0.1) is 6.04 Å². The molecule has 3 rings (SSSR count). The summed E-state index contributed by atoms with van der Waals surface area (Å²) in [5.41, 5.74) is 1.12. The molecule has 1 fully saturated rings. The minimum Gasteiger partial charge on any atom is -0.306 e. The van der Waals surface area contributed by atoms with E-state index in [9.17, 15) is 0 Å². The Hall–Kier alpha value is -1.33. The molecule has 2 heterocycles. The Balaban J connectivity index is 1.93. The van der Waals surface area contributed by atoms with Crippen molar-refractivity contribution in [2.24, 2.45) is 0 Å². The molecule has 1 atom stereocenters. The number of benzene rings is 1. The average Bonchev–Trinajstić information content (AvgIpc) is 2.90. The lowest BCUT2D eigenvalue weighted by Gasteiger charge is -2.22. The van der Waals surface area contributed by atoms with Crippen LogP contribution >= 0.6 is 11.8 Å². The van der Waals surface area contributed by atoms with E-state index in [0.29, 0.717) is 6.04 Å². The van der Waals surface area contributed by atoms with Gasteiger partial charge in [-0.3, -0.25) is 4.57 Å². The number of nitrogens with one attached hydrogen (secondary N) is 1. The Morgan fingerprint density at radius 2 is 2.18 bits per heavy atom. The summed E-state index contributed by atoms with van der Waals surface area (Å²) in [6.45, 7) is 1.04. The maximum absolute atomic E-state index is 4.25. The predicted molar refractivity (Wildman–Crippen MR) is 69.4 cm³/mol. The maximum atomic E-state index is 4.25. The van der Waals surface area contributed by atoms with E-state index in [0.717, 1.165) is 23.8 Å². The number of nitrogens with zero attached hydrogens (tertiary/aromatic N) is 3. The third-order valence-corrected chi connectivity index (χ3v) is 3.90. The first-order valence-electron chi connectivity index (χ1n) is 5.71. The molecular weight excluding hydrogens is 232 g/mol. The van der Waals surface area contributed by atoms with E-state index < -0.39 is 0 Å². The summed E-state index contributed by atoms with van der Waals surface area (Å²) in [6, 6.07) is 10.5. The SMILES string of the molecule is c1ccc(-n2cnnc2C2CSCCN2)cc1. The van der Waals surface area contributed by atoms with E-state index in [1.54, 1.807) is 6.33 Å². The molecule has 0 amide bonds. The van der Waals surface area contributed by atoms with E-state index >= 15 is 0 Å². The normalized spacial score (nSPS) is 20.4. The van der Waals surface area contributed by atoms with Crippen LogP contribution in [0.2, 0.25) is 0 Å². The highest BCUT2D eigenvalue weighted by Crippen LogP contribution is 2.22. The van der Waals surface area contributed by atoms with Gasteiger partial charge in [0, 0.05) is 23.7 Å².